The van der Waals surface area contributed by atoms with Crippen molar-refractivity contribution in [2.24, 2.45) is 0 Å². The molecule has 0 spiro atoms. The molecule has 1 aliphatic rings. The first-order chi connectivity index (χ1) is 19.4. The minimum Gasteiger partial charge on any atom is -0.456 e. The van der Waals surface area contributed by atoms with Crippen LogP contribution in [0.1, 0.15) is 45.0 Å². The molecule has 4 aromatic rings. The Kier molecular flexibility index (Phi) is 7.39. The van der Waals surface area contributed by atoms with Crippen LogP contribution in [0.5, 0.6) is 5.75 Å². The van der Waals surface area contributed by atoms with Crippen molar-refractivity contribution in [1.82, 2.24) is 4.98 Å². The number of hydrogen-bond acceptors (Lipinski definition) is 9. The Morgan fingerprint density at radius 2 is 1.51 bits per heavy atom. The van der Waals surface area contributed by atoms with Crippen molar-refractivity contribution in [1.29, 1.82) is 0 Å². The van der Waals surface area contributed by atoms with Crippen molar-refractivity contribution in [3.8, 4) is 5.75 Å². The number of aromatic amines is 1. The van der Waals surface area contributed by atoms with Gasteiger partial charge in [0.25, 0.3) is 0 Å². The van der Waals surface area contributed by atoms with Gasteiger partial charge in [0.2, 0.25) is 6.10 Å². The predicted molar refractivity (Wildman–Crippen MR) is 146 cm³/mol. The summed E-state index contributed by atoms with van der Waals surface area (Å²) in [7, 11) is 0. The van der Waals surface area contributed by atoms with Crippen molar-refractivity contribution in [2.75, 3.05) is 6.61 Å². The molecule has 0 amide bonds. The van der Waals surface area contributed by atoms with Gasteiger partial charge in [-0.25, -0.2) is 0 Å². The molecule has 0 saturated carbocycles. The van der Waals surface area contributed by atoms with E-state index < -0.39 is 48.4 Å². The van der Waals surface area contributed by atoms with Crippen LogP contribution in [0.2, 0.25) is 0 Å². The number of hydrogen-bond donors (Lipinski definition) is 1. The van der Waals surface area contributed by atoms with Crippen molar-refractivity contribution in [3.05, 3.63) is 47.8 Å². The molecule has 11 heteroatoms. The molecule has 1 fully saturated rings. The van der Waals surface area contributed by atoms with E-state index in [0.717, 1.165) is 43.7 Å². The van der Waals surface area contributed by atoms with Gasteiger partial charge in [-0.1, -0.05) is 0 Å². The zero-order valence-electron chi connectivity index (χ0n) is 23.6. The second-order valence-corrected chi connectivity index (χ2v) is 10.2. The van der Waals surface area contributed by atoms with Gasteiger partial charge in [0.05, 0.1) is 12.1 Å². The van der Waals surface area contributed by atoms with Crippen LogP contribution in [0.25, 0.3) is 32.6 Å². The number of nitrogens with one attached hydrogen (secondary N) is 1. The molecule has 3 heterocycles. The van der Waals surface area contributed by atoms with Crippen molar-refractivity contribution in [2.45, 2.75) is 66.1 Å². The van der Waals surface area contributed by atoms with Crippen molar-refractivity contribution in [3.63, 3.8) is 0 Å². The quantitative estimate of drug-likeness (QED) is 0.167. The zero-order valence-corrected chi connectivity index (χ0v) is 23.6. The van der Waals surface area contributed by atoms with Gasteiger partial charge in [0, 0.05) is 55.4 Å². The fourth-order valence-corrected chi connectivity index (χ4v) is 5.62. The number of benzene rings is 2. The molecule has 0 radical (unpaired) electrons. The molecule has 2 aromatic carbocycles. The largest absolute Gasteiger partial charge is 0.456 e. The lowest BCUT2D eigenvalue weighted by Gasteiger charge is -2.37. The maximum absolute atomic E-state index is 12.1. The monoisotopic (exact) mass is 563 g/mol. The van der Waals surface area contributed by atoms with Gasteiger partial charge < -0.3 is 28.7 Å². The van der Waals surface area contributed by atoms with Gasteiger partial charge in [0.15, 0.2) is 24.6 Å². The van der Waals surface area contributed by atoms with Crippen LogP contribution in [0.3, 0.4) is 0 Å². The lowest BCUT2D eigenvalue weighted by atomic mass is 9.96. The Bertz CT molecular complexity index is 1720. The van der Waals surface area contributed by atoms with Crippen molar-refractivity contribution < 1.29 is 47.4 Å². The normalized spacial score (nSPS) is 20.6. The van der Waals surface area contributed by atoms with E-state index in [9.17, 15) is 19.2 Å². The Labute approximate surface area is 235 Å². The molecule has 214 valence electrons. The number of fused-ring (bicyclic) bond motifs is 4. The summed E-state index contributed by atoms with van der Waals surface area (Å²) >= 11 is 0. The molecule has 0 unspecified atom stereocenters. The highest BCUT2D eigenvalue weighted by Crippen LogP contribution is 2.38. The van der Waals surface area contributed by atoms with E-state index in [4.69, 9.17) is 23.7 Å². The van der Waals surface area contributed by atoms with E-state index in [2.05, 4.69) is 4.98 Å². The molecule has 1 saturated heterocycles. The topological polar surface area (TPSA) is 134 Å². The first-order valence-corrected chi connectivity index (χ1v) is 13.2. The number of carbonyl (C=O) groups excluding carboxylic acids is 4. The second kappa shape index (κ2) is 10.8. The highest BCUT2D eigenvalue weighted by atomic mass is 16.6. The predicted octanol–water partition coefficient (Wildman–Crippen LogP) is 3.63. The van der Waals surface area contributed by atoms with Crippen LogP contribution in [-0.4, -0.2) is 53.8 Å². The summed E-state index contributed by atoms with van der Waals surface area (Å²) in [6.45, 7) is 9.02. The lowest BCUT2D eigenvalue weighted by Crippen LogP contribution is -2.61. The van der Waals surface area contributed by atoms with E-state index in [0.29, 0.717) is 5.75 Å². The molecule has 2 aromatic heterocycles. The van der Waals surface area contributed by atoms with Gasteiger partial charge in [-0.05, 0) is 48.6 Å². The van der Waals surface area contributed by atoms with Crippen LogP contribution in [0, 0.1) is 13.8 Å². The van der Waals surface area contributed by atoms with Crippen LogP contribution in [0.15, 0.2) is 36.7 Å². The number of pyridine rings is 1. The molecule has 11 nitrogen and oxygen atoms in total. The maximum Gasteiger partial charge on any atom is 0.308 e. The molecule has 0 aliphatic carbocycles. The van der Waals surface area contributed by atoms with E-state index in [1.54, 1.807) is 16.8 Å². The zero-order chi connectivity index (χ0) is 29.6. The summed E-state index contributed by atoms with van der Waals surface area (Å²) in [6, 6.07) is 7.41. The third kappa shape index (κ3) is 5.32. The summed E-state index contributed by atoms with van der Waals surface area (Å²) in [5, 5.41) is 3.79. The minimum absolute atomic E-state index is 0.0799. The van der Waals surface area contributed by atoms with E-state index >= 15 is 0 Å². The number of H-pyrrole nitrogens is 1. The standard InChI is InChI=1S/C30H30N2O9/c1-14-23-12-32(30-29(41-19(6)36)28(40-18(5)35)25(13-37-30)39-17(4)34)10-9-21(23)15(2)27-26(14)22-11-20(38-16(3)33)7-8-24(22)31-27/h7-12,25,28-30H,13H2,1-6H3/p+1/t25-,28+,29+,30+/m1/s1. The Morgan fingerprint density at radius 1 is 0.829 bits per heavy atom. The number of nitrogens with zero attached hydrogens (tertiary/aromatic N) is 1. The average molecular weight is 564 g/mol. The minimum atomic E-state index is -1.10. The third-order valence-electron chi connectivity index (χ3n) is 7.19. The SMILES string of the molecule is CC(=O)Oc1ccc2[nH]c3c(C)c4cc[n+]([C@H]5OC[C@@H](OC(C)=O)[C@H](OC(C)=O)[C@@H]5OC(C)=O)cc4c(C)c3c2c1. The fourth-order valence-electron chi connectivity index (χ4n) is 5.62. The second-order valence-electron chi connectivity index (χ2n) is 10.2. The summed E-state index contributed by atoms with van der Waals surface area (Å²) in [4.78, 5) is 50.9. The number of aromatic nitrogens is 2. The maximum atomic E-state index is 12.1. The molecular formula is C30H31N2O9+. The van der Waals surface area contributed by atoms with Gasteiger partial charge in [0.1, 0.15) is 5.75 Å². The Hall–Kier alpha value is -4.51. The Balaban J connectivity index is 1.65. The van der Waals surface area contributed by atoms with Crippen LogP contribution >= 0.6 is 0 Å². The van der Waals surface area contributed by atoms with Gasteiger partial charge in [-0.2, -0.15) is 4.57 Å². The van der Waals surface area contributed by atoms with Crippen molar-refractivity contribution >= 4 is 56.5 Å². The first kappa shape index (κ1) is 28.0. The lowest BCUT2D eigenvalue weighted by molar-refractivity contribution is -0.773. The molecule has 1 N–H and O–H groups in total. The van der Waals surface area contributed by atoms with E-state index in [1.165, 1.54) is 27.7 Å². The van der Waals surface area contributed by atoms with Gasteiger partial charge in [-0.15, -0.1) is 0 Å². The van der Waals surface area contributed by atoms with Gasteiger partial charge >= 0.3 is 30.1 Å². The van der Waals surface area contributed by atoms with Crippen LogP contribution in [0.4, 0.5) is 0 Å². The average Bonchev–Trinajstić information content (AvgIpc) is 3.27. The first-order valence-electron chi connectivity index (χ1n) is 13.2. The van der Waals surface area contributed by atoms with E-state index in [1.807, 2.05) is 38.2 Å². The summed E-state index contributed by atoms with van der Waals surface area (Å²) in [5.74, 6) is -1.76. The fraction of sp³-hybridized carbons (Fsp3) is 0.367. The molecular weight excluding hydrogens is 532 g/mol. The van der Waals surface area contributed by atoms with Crippen LogP contribution < -0.4 is 9.30 Å². The summed E-state index contributed by atoms with van der Waals surface area (Å²) < 4.78 is 29.6. The highest BCUT2D eigenvalue weighted by molar-refractivity contribution is 6.16. The summed E-state index contributed by atoms with van der Waals surface area (Å²) in [5.41, 5.74) is 3.85. The Morgan fingerprint density at radius 3 is 2.17 bits per heavy atom. The molecule has 0 bridgehead atoms. The third-order valence-corrected chi connectivity index (χ3v) is 7.19. The number of aryl methyl sites for hydroxylation is 2. The molecule has 1 aliphatic heterocycles. The van der Waals surface area contributed by atoms with Gasteiger partial charge in [-0.3, -0.25) is 19.2 Å². The number of carbonyl (C=O) groups is 4. The molecule has 5 rings (SSSR count). The molecule has 41 heavy (non-hydrogen) atoms. The van der Waals surface area contributed by atoms with Crippen LogP contribution in [-0.2, 0) is 38.1 Å². The number of rotatable bonds is 5. The molecule has 4 atom stereocenters. The highest BCUT2D eigenvalue weighted by Gasteiger charge is 2.51. The number of esters is 4. The smallest absolute Gasteiger partial charge is 0.308 e. The van der Waals surface area contributed by atoms with E-state index in [-0.39, 0.29) is 6.61 Å². The summed E-state index contributed by atoms with van der Waals surface area (Å²) in [6.07, 6.45) is -0.320. The number of ether oxygens (including phenoxy) is 5.